The van der Waals surface area contributed by atoms with E-state index in [-0.39, 0.29) is 17.8 Å². The first kappa shape index (κ1) is 14.3. The maximum absolute atomic E-state index is 9.82. The molecule has 0 spiro atoms. The molecule has 0 aliphatic carbocycles. The zero-order valence-corrected chi connectivity index (χ0v) is 11.6. The van der Waals surface area contributed by atoms with Gasteiger partial charge in [-0.25, -0.2) is 0 Å². The number of rotatable bonds is 7. The first-order valence-corrected chi connectivity index (χ1v) is 7.28. The van der Waals surface area contributed by atoms with Crippen molar-refractivity contribution in [2.45, 2.75) is 69.9 Å². The van der Waals surface area contributed by atoms with Crippen LogP contribution in [0.2, 0.25) is 0 Å². The molecule has 4 heteroatoms. The van der Waals surface area contributed by atoms with Crippen molar-refractivity contribution in [3.63, 3.8) is 0 Å². The summed E-state index contributed by atoms with van der Waals surface area (Å²) in [5.74, 6) is 0. The topological polar surface area (TPSA) is 47.9 Å². The second-order valence-electron chi connectivity index (χ2n) is 5.47. The van der Waals surface area contributed by atoms with Crippen molar-refractivity contribution in [2.24, 2.45) is 0 Å². The number of aliphatic hydroxyl groups is 1. The number of aliphatic hydroxyl groups excluding tert-OH is 1. The molecule has 0 aromatic carbocycles. The van der Waals surface area contributed by atoms with E-state index in [1.165, 1.54) is 0 Å². The summed E-state index contributed by atoms with van der Waals surface area (Å²) >= 11 is 0. The molecule has 2 aliphatic heterocycles. The molecule has 4 atom stereocenters. The zero-order chi connectivity index (χ0) is 13.0. The predicted molar refractivity (Wildman–Crippen MR) is 68.6 cm³/mol. The number of unbranched alkanes of at least 4 members (excludes halogenated alkanes) is 2. The van der Waals surface area contributed by atoms with E-state index in [2.05, 4.69) is 13.8 Å². The highest BCUT2D eigenvalue weighted by Gasteiger charge is 2.56. The van der Waals surface area contributed by atoms with Crippen LogP contribution in [0.25, 0.3) is 0 Å². The molecule has 0 saturated carbocycles. The molecule has 0 radical (unpaired) electrons. The van der Waals surface area contributed by atoms with Gasteiger partial charge in [0.15, 0.2) is 0 Å². The minimum absolute atomic E-state index is 0.0871. The normalized spacial score (nSPS) is 39.2. The molecule has 0 amide bonds. The van der Waals surface area contributed by atoms with Crippen molar-refractivity contribution in [1.29, 1.82) is 0 Å². The molecule has 0 unspecified atom stereocenters. The van der Waals surface area contributed by atoms with Gasteiger partial charge in [0, 0.05) is 6.61 Å². The Hall–Kier alpha value is -0.160. The fraction of sp³-hybridized carbons (Fsp3) is 1.00. The van der Waals surface area contributed by atoms with Gasteiger partial charge in [-0.1, -0.05) is 33.1 Å². The maximum Gasteiger partial charge on any atom is 0.120 e. The Balaban J connectivity index is 2.00. The van der Waals surface area contributed by atoms with Crippen molar-refractivity contribution in [2.75, 3.05) is 19.8 Å². The largest absolute Gasteiger partial charge is 0.388 e. The zero-order valence-electron chi connectivity index (χ0n) is 11.6. The van der Waals surface area contributed by atoms with Crippen LogP contribution in [0, 0.1) is 0 Å². The summed E-state index contributed by atoms with van der Waals surface area (Å²) in [5.41, 5.74) is -0.326. The summed E-state index contributed by atoms with van der Waals surface area (Å²) in [7, 11) is 0. The lowest BCUT2D eigenvalue weighted by atomic mass is 9.90. The van der Waals surface area contributed by atoms with Gasteiger partial charge in [0.25, 0.3) is 0 Å². The van der Waals surface area contributed by atoms with E-state index in [4.69, 9.17) is 14.2 Å². The summed E-state index contributed by atoms with van der Waals surface area (Å²) in [5, 5.41) is 9.82. The lowest BCUT2D eigenvalue weighted by molar-refractivity contribution is -0.121. The Morgan fingerprint density at radius 3 is 2.72 bits per heavy atom. The highest BCUT2D eigenvalue weighted by Crippen LogP contribution is 2.40. The molecule has 106 valence electrons. The summed E-state index contributed by atoms with van der Waals surface area (Å²) in [6.45, 7) is 6.03. The van der Waals surface area contributed by atoms with E-state index in [1.54, 1.807) is 0 Å². The van der Waals surface area contributed by atoms with Crippen LogP contribution in [0.1, 0.15) is 46.0 Å². The van der Waals surface area contributed by atoms with Crippen LogP contribution in [0.3, 0.4) is 0 Å². The van der Waals surface area contributed by atoms with Gasteiger partial charge < -0.3 is 19.3 Å². The van der Waals surface area contributed by atoms with Crippen LogP contribution in [-0.4, -0.2) is 48.8 Å². The van der Waals surface area contributed by atoms with Gasteiger partial charge in [0.05, 0.1) is 13.2 Å². The summed E-state index contributed by atoms with van der Waals surface area (Å²) in [4.78, 5) is 0. The van der Waals surface area contributed by atoms with Crippen LogP contribution in [-0.2, 0) is 14.2 Å². The molecule has 1 N–H and O–H groups in total. The molecule has 2 rings (SSSR count). The van der Waals surface area contributed by atoms with E-state index in [1.807, 2.05) is 0 Å². The van der Waals surface area contributed by atoms with E-state index in [0.717, 1.165) is 38.7 Å². The molecular formula is C14H26O4. The van der Waals surface area contributed by atoms with E-state index in [9.17, 15) is 5.11 Å². The van der Waals surface area contributed by atoms with Gasteiger partial charge in [-0.05, 0) is 12.8 Å². The molecule has 2 saturated heterocycles. The molecule has 2 aliphatic rings. The van der Waals surface area contributed by atoms with Crippen LogP contribution >= 0.6 is 0 Å². The third-order valence-electron chi connectivity index (χ3n) is 4.00. The number of hydrogen-bond donors (Lipinski definition) is 1. The van der Waals surface area contributed by atoms with Crippen molar-refractivity contribution in [3.8, 4) is 0 Å². The van der Waals surface area contributed by atoms with Crippen molar-refractivity contribution in [1.82, 2.24) is 0 Å². The minimum atomic E-state index is -0.492. The lowest BCUT2D eigenvalue weighted by Gasteiger charge is -2.33. The monoisotopic (exact) mass is 258 g/mol. The Labute approximate surface area is 110 Å². The first-order valence-electron chi connectivity index (χ1n) is 7.28. The van der Waals surface area contributed by atoms with Gasteiger partial charge >= 0.3 is 0 Å². The number of fused-ring (bicyclic) bond motifs is 1. The second kappa shape index (κ2) is 6.33. The van der Waals surface area contributed by atoms with Crippen LogP contribution in [0.4, 0.5) is 0 Å². The molecule has 0 aromatic heterocycles. The Morgan fingerprint density at radius 2 is 2.00 bits per heavy atom. The number of hydrogen-bond acceptors (Lipinski definition) is 4. The Bertz CT molecular complexity index is 258. The first-order chi connectivity index (χ1) is 8.73. The Morgan fingerprint density at radius 1 is 1.22 bits per heavy atom. The highest BCUT2D eigenvalue weighted by atomic mass is 16.6. The standard InChI is InChI=1S/C14H26O4/c1-3-5-7-14(18-8-6-4-2)10-17-12-11(15)9-16-13(12)14/h11-13,15H,3-10H2,1-2H3/t11-,12-,13+,14+/m1/s1. The van der Waals surface area contributed by atoms with Crippen molar-refractivity contribution >= 4 is 0 Å². The molecule has 4 nitrogen and oxygen atoms in total. The van der Waals surface area contributed by atoms with Gasteiger partial charge in [-0.15, -0.1) is 0 Å². The third kappa shape index (κ3) is 2.72. The Kier molecular flexibility index (Phi) is 5.01. The highest BCUT2D eigenvalue weighted by molar-refractivity contribution is 5.05. The quantitative estimate of drug-likeness (QED) is 0.708. The summed E-state index contributed by atoms with van der Waals surface area (Å²) < 4.78 is 17.6. The maximum atomic E-state index is 9.82. The minimum Gasteiger partial charge on any atom is -0.388 e. The molecule has 0 bridgehead atoms. The van der Waals surface area contributed by atoms with Gasteiger partial charge in [-0.3, -0.25) is 0 Å². The van der Waals surface area contributed by atoms with Crippen molar-refractivity contribution < 1.29 is 19.3 Å². The predicted octanol–water partition coefficient (Wildman–Crippen LogP) is 1.89. The SMILES string of the molecule is CCCCO[C@@]1(CCCC)CO[C@@H]2[C@H](O)CO[C@@H]21. The second-order valence-corrected chi connectivity index (χ2v) is 5.47. The average molecular weight is 258 g/mol. The van der Waals surface area contributed by atoms with Gasteiger partial charge in [0.1, 0.15) is 23.9 Å². The van der Waals surface area contributed by atoms with Gasteiger partial charge in [0.2, 0.25) is 0 Å². The molecule has 0 aromatic rings. The van der Waals surface area contributed by atoms with Crippen LogP contribution in [0.15, 0.2) is 0 Å². The third-order valence-corrected chi connectivity index (χ3v) is 4.00. The lowest BCUT2D eigenvalue weighted by Crippen LogP contribution is -2.46. The fourth-order valence-corrected chi connectivity index (χ4v) is 2.87. The van der Waals surface area contributed by atoms with E-state index in [0.29, 0.717) is 13.2 Å². The van der Waals surface area contributed by atoms with E-state index >= 15 is 0 Å². The summed E-state index contributed by atoms with van der Waals surface area (Å²) in [6.07, 6.45) is 4.63. The molecule has 2 fully saturated rings. The van der Waals surface area contributed by atoms with Gasteiger partial charge in [-0.2, -0.15) is 0 Å². The van der Waals surface area contributed by atoms with Crippen LogP contribution in [0.5, 0.6) is 0 Å². The number of ether oxygens (including phenoxy) is 3. The molecule has 2 heterocycles. The molecule has 18 heavy (non-hydrogen) atoms. The molecular weight excluding hydrogens is 232 g/mol. The summed E-state index contributed by atoms with van der Waals surface area (Å²) in [6, 6.07) is 0. The average Bonchev–Trinajstić information content (AvgIpc) is 2.91. The van der Waals surface area contributed by atoms with Crippen molar-refractivity contribution in [3.05, 3.63) is 0 Å². The van der Waals surface area contributed by atoms with E-state index < -0.39 is 6.10 Å². The fourth-order valence-electron chi connectivity index (χ4n) is 2.87. The van der Waals surface area contributed by atoms with Crippen LogP contribution < -0.4 is 0 Å². The smallest absolute Gasteiger partial charge is 0.120 e.